The van der Waals surface area contributed by atoms with E-state index in [4.69, 9.17) is 9.47 Å². The number of ketones is 1. The number of carbonyl (C=O) groups is 2. The molecular formula is C33H40F3N3O5SSi. The molecule has 13 heteroatoms. The van der Waals surface area contributed by atoms with Crippen LogP contribution in [0.4, 0.5) is 13.2 Å². The number of rotatable bonds is 11. The summed E-state index contributed by atoms with van der Waals surface area (Å²) in [4.78, 5) is 41.8. The minimum Gasteiger partial charge on any atom is -0.466 e. The molecule has 248 valence electrons. The van der Waals surface area contributed by atoms with Crippen LogP contribution in [0.1, 0.15) is 41.6 Å². The molecule has 0 radical (unpaired) electrons. The minimum absolute atomic E-state index is 0.0467. The smallest absolute Gasteiger partial charge is 0.416 e. The summed E-state index contributed by atoms with van der Waals surface area (Å²) in [5.41, 5.74) is -1.14. The lowest BCUT2D eigenvalue weighted by atomic mass is 9.84. The first kappa shape index (κ1) is 34.3. The Kier molecular flexibility index (Phi) is 10.7. The van der Waals surface area contributed by atoms with Gasteiger partial charge in [0.1, 0.15) is 5.52 Å². The van der Waals surface area contributed by atoms with Crippen molar-refractivity contribution in [2.45, 2.75) is 69.0 Å². The number of Topliss-reactive ketones (excluding diaryl/α,β-unsaturated/α-hetero) is 1. The van der Waals surface area contributed by atoms with Crippen molar-refractivity contribution in [2.24, 2.45) is 23.7 Å². The fourth-order valence-corrected chi connectivity index (χ4v) is 7.95. The van der Waals surface area contributed by atoms with Crippen LogP contribution in [-0.2, 0) is 27.0 Å². The molecule has 46 heavy (non-hydrogen) atoms. The first-order chi connectivity index (χ1) is 21.8. The Morgan fingerprint density at radius 3 is 2.43 bits per heavy atom. The highest BCUT2D eigenvalue weighted by Crippen LogP contribution is 2.41. The summed E-state index contributed by atoms with van der Waals surface area (Å²) >= 11 is 1.76. The molecule has 3 atom stereocenters. The van der Waals surface area contributed by atoms with Crippen LogP contribution in [0.3, 0.4) is 0 Å². The predicted molar refractivity (Wildman–Crippen MR) is 173 cm³/mol. The second-order valence-corrected chi connectivity index (χ2v) is 20.2. The molecule has 1 saturated heterocycles. The van der Waals surface area contributed by atoms with Crippen molar-refractivity contribution in [3.63, 3.8) is 0 Å². The molecule has 2 aromatic carbocycles. The van der Waals surface area contributed by atoms with E-state index in [1.807, 2.05) is 12.1 Å². The molecule has 0 bridgehead atoms. The predicted octanol–water partition coefficient (Wildman–Crippen LogP) is 6.74. The average Bonchev–Trinajstić information content (AvgIpc) is 3.44. The molecule has 1 aliphatic carbocycles. The monoisotopic (exact) mass is 675 g/mol. The summed E-state index contributed by atoms with van der Waals surface area (Å²) in [6.07, 6.45) is -1.68. The summed E-state index contributed by atoms with van der Waals surface area (Å²) in [6, 6.07) is 11.0. The Labute approximate surface area is 271 Å². The molecule has 0 N–H and O–H groups in total. The fourth-order valence-electron chi connectivity index (χ4n) is 6.14. The molecular weight excluding hydrogens is 636 g/mol. The lowest BCUT2D eigenvalue weighted by Gasteiger charge is -2.24. The molecule has 0 spiro atoms. The lowest BCUT2D eigenvalue weighted by molar-refractivity contribution is -0.150. The number of alkyl halides is 3. The van der Waals surface area contributed by atoms with Crippen molar-refractivity contribution in [1.29, 1.82) is 0 Å². The zero-order valence-corrected chi connectivity index (χ0v) is 28.2. The van der Waals surface area contributed by atoms with Gasteiger partial charge in [0, 0.05) is 43.4 Å². The number of aromatic nitrogens is 3. The third kappa shape index (κ3) is 8.46. The molecule has 2 fully saturated rings. The topological polar surface area (TPSA) is 100 Å². The molecule has 1 aromatic heterocycles. The highest BCUT2D eigenvalue weighted by molar-refractivity contribution is 7.99. The number of benzene rings is 2. The maximum Gasteiger partial charge on any atom is 0.416 e. The van der Waals surface area contributed by atoms with Crippen molar-refractivity contribution in [2.75, 3.05) is 25.6 Å². The van der Waals surface area contributed by atoms with Crippen LogP contribution >= 0.6 is 11.8 Å². The number of hydrogen-bond donors (Lipinski definition) is 0. The summed E-state index contributed by atoms with van der Waals surface area (Å²) < 4.78 is 52.3. The molecule has 3 aromatic rings. The summed E-state index contributed by atoms with van der Waals surface area (Å²) in [5.74, 6) is -1.05. The number of thioether (sulfide) groups is 1. The first-order valence-electron chi connectivity index (χ1n) is 15.8. The molecule has 8 nitrogen and oxygen atoms in total. The Morgan fingerprint density at radius 2 is 1.76 bits per heavy atom. The largest absolute Gasteiger partial charge is 0.466 e. The van der Waals surface area contributed by atoms with Crippen molar-refractivity contribution in [1.82, 2.24) is 15.0 Å². The van der Waals surface area contributed by atoms with Gasteiger partial charge in [-0.2, -0.15) is 13.2 Å². The highest BCUT2D eigenvalue weighted by Gasteiger charge is 2.46. The van der Waals surface area contributed by atoms with Gasteiger partial charge in [0.2, 0.25) is 0 Å². The zero-order valence-electron chi connectivity index (χ0n) is 26.3. The average molecular weight is 676 g/mol. The van der Waals surface area contributed by atoms with E-state index in [9.17, 15) is 27.6 Å². The molecule has 1 saturated carbocycles. The highest BCUT2D eigenvalue weighted by atomic mass is 32.2. The second-order valence-electron chi connectivity index (χ2n) is 13.5. The fraction of sp³-hybridized carbons (Fsp3) is 0.545. The van der Waals surface area contributed by atoms with Gasteiger partial charge in [-0.25, -0.2) is 4.68 Å². The van der Waals surface area contributed by atoms with E-state index < -0.39 is 49.1 Å². The van der Waals surface area contributed by atoms with Crippen LogP contribution < -0.4 is 5.56 Å². The van der Waals surface area contributed by atoms with Gasteiger partial charge in [-0.3, -0.25) is 14.4 Å². The van der Waals surface area contributed by atoms with Gasteiger partial charge >= 0.3 is 12.1 Å². The van der Waals surface area contributed by atoms with Crippen LogP contribution in [0.5, 0.6) is 0 Å². The van der Waals surface area contributed by atoms with Crippen LogP contribution in [0.25, 0.3) is 10.9 Å². The SMILES string of the molecule is C[Si](C)(C)CCOC(=O)C1C(Cn2nnc3ccc(C(F)(F)F)cc3c2=O)CCC1C(=O)c1ccc(SCC2CCOCC2)cc1. The van der Waals surface area contributed by atoms with Crippen molar-refractivity contribution < 1.29 is 32.2 Å². The van der Waals surface area contributed by atoms with E-state index in [-0.39, 0.29) is 29.8 Å². The number of carbonyl (C=O) groups excluding carboxylic acids is 2. The molecule has 2 aliphatic rings. The third-order valence-electron chi connectivity index (χ3n) is 8.92. The lowest BCUT2D eigenvalue weighted by Crippen LogP contribution is -2.36. The van der Waals surface area contributed by atoms with E-state index in [1.54, 1.807) is 23.9 Å². The first-order valence-corrected chi connectivity index (χ1v) is 20.5. The van der Waals surface area contributed by atoms with Gasteiger partial charge in [-0.15, -0.1) is 16.9 Å². The molecule has 0 amide bonds. The van der Waals surface area contributed by atoms with Crippen LogP contribution in [0.15, 0.2) is 52.2 Å². The Balaban J connectivity index is 1.35. The quantitative estimate of drug-likeness (QED) is 0.0955. The van der Waals surface area contributed by atoms with E-state index in [1.165, 1.54) is 0 Å². The van der Waals surface area contributed by atoms with Crippen LogP contribution in [0, 0.1) is 23.7 Å². The summed E-state index contributed by atoms with van der Waals surface area (Å²) in [6.45, 7) is 8.28. The minimum atomic E-state index is -4.62. The number of fused-ring (bicyclic) bond motifs is 1. The Morgan fingerprint density at radius 1 is 1.04 bits per heavy atom. The van der Waals surface area contributed by atoms with Gasteiger partial charge in [0.15, 0.2) is 5.78 Å². The van der Waals surface area contributed by atoms with E-state index >= 15 is 0 Å². The van der Waals surface area contributed by atoms with Crippen molar-refractivity contribution in [3.05, 3.63) is 63.9 Å². The van der Waals surface area contributed by atoms with Gasteiger partial charge in [0.05, 0.1) is 30.0 Å². The van der Waals surface area contributed by atoms with Crippen LogP contribution in [0.2, 0.25) is 25.7 Å². The summed E-state index contributed by atoms with van der Waals surface area (Å²) in [7, 11) is -1.50. The maximum atomic E-state index is 13.9. The third-order valence-corrected chi connectivity index (χ3v) is 11.9. The Hall–Kier alpha value is -3.03. The van der Waals surface area contributed by atoms with Crippen molar-refractivity contribution in [3.8, 4) is 0 Å². The van der Waals surface area contributed by atoms with E-state index in [0.29, 0.717) is 24.3 Å². The van der Waals surface area contributed by atoms with E-state index in [0.717, 1.165) is 65.6 Å². The van der Waals surface area contributed by atoms with Gasteiger partial charge < -0.3 is 9.47 Å². The number of nitrogens with zero attached hydrogens (tertiary/aromatic N) is 3. The number of ether oxygens (including phenoxy) is 2. The van der Waals surface area contributed by atoms with Gasteiger partial charge in [-0.1, -0.05) is 37.0 Å². The maximum absolute atomic E-state index is 13.9. The van der Waals surface area contributed by atoms with Gasteiger partial charge in [-0.05, 0) is 73.9 Å². The van der Waals surface area contributed by atoms with Gasteiger partial charge in [0.25, 0.3) is 5.56 Å². The zero-order chi connectivity index (χ0) is 33.1. The molecule has 3 unspecified atom stereocenters. The van der Waals surface area contributed by atoms with Crippen LogP contribution in [-0.4, -0.2) is 60.4 Å². The summed E-state index contributed by atoms with van der Waals surface area (Å²) in [5, 5.41) is 7.73. The molecule has 2 heterocycles. The second kappa shape index (κ2) is 14.4. The molecule has 1 aliphatic heterocycles. The standard InChI is InChI=1S/C33H40F3N3O5SSi/c1-46(2,3)17-16-44-32(42)29-23(19-39-31(41)27-18-24(33(34,35)36)7-11-28(27)37-38-39)6-10-26(29)30(40)22-4-8-25(9-5-22)45-20-21-12-14-43-15-13-21/h4-5,7-9,11,18,21,23,26,29H,6,10,12-17,19-20H2,1-3H3. The Bertz CT molecular complexity index is 1600. The normalized spacial score (nSPS) is 21.0. The number of esters is 1. The number of halogens is 3. The van der Waals surface area contributed by atoms with Crippen molar-refractivity contribution >= 4 is 42.5 Å². The van der Waals surface area contributed by atoms with E-state index in [2.05, 4.69) is 30.0 Å². The number of hydrogen-bond acceptors (Lipinski definition) is 8. The molecule has 5 rings (SSSR count).